The predicted octanol–water partition coefficient (Wildman–Crippen LogP) is 3.04. The van der Waals surface area contributed by atoms with Gasteiger partial charge in [0.2, 0.25) is 11.8 Å². The summed E-state index contributed by atoms with van der Waals surface area (Å²) in [5.74, 6) is -0.325. The fourth-order valence-corrected chi connectivity index (χ4v) is 2.84. The molecule has 1 aliphatic heterocycles. The SMILES string of the molecule is COc1ccc(-c2cc(NC(=O)[C@@H]3CNC(=O)C3)ccc2OC(F)F)cc1. The molecule has 2 aromatic rings. The summed E-state index contributed by atoms with van der Waals surface area (Å²) in [7, 11) is 1.53. The number of hydrogen-bond donors (Lipinski definition) is 2. The number of halogens is 2. The number of nitrogens with one attached hydrogen (secondary N) is 2. The van der Waals surface area contributed by atoms with E-state index in [0.29, 0.717) is 22.6 Å². The molecule has 0 aliphatic carbocycles. The second-order valence-corrected chi connectivity index (χ2v) is 6.01. The van der Waals surface area contributed by atoms with Crippen molar-refractivity contribution in [2.45, 2.75) is 13.0 Å². The van der Waals surface area contributed by atoms with E-state index in [0.717, 1.165) is 0 Å². The number of carbonyl (C=O) groups excluding carboxylic acids is 2. The third kappa shape index (κ3) is 4.52. The van der Waals surface area contributed by atoms with E-state index in [2.05, 4.69) is 15.4 Å². The van der Waals surface area contributed by atoms with Gasteiger partial charge in [-0.1, -0.05) is 12.1 Å². The minimum Gasteiger partial charge on any atom is -0.497 e. The van der Waals surface area contributed by atoms with Crippen LogP contribution in [0.25, 0.3) is 11.1 Å². The molecule has 1 saturated heterocycles. The number of rotatable bonds is 6. The van der Waals surface area contributed by atoms with Crippen LogP contribution in [0.2, 0.25) is 0 Å². The van der Waals surface area contributed by atoms with Gasteiger partial charge in [0.25, 0.3) is 0 Å². The molecular weight excluding hydrogens is 358 g/mol. The van der Waals surface area contributed by atoms with Crippen molar-refractivity contribution in [3.63, 3.8) is 0 Å². The van der Waals surface area contributed by atoms with Crippen molar-refractivity contribution in [1.29, 1.82) is 0 Å². The Morgan fingerprint density at radius 1 is 1.22 bits per heavy atom. The van der Waals surface area contributed by atoms with Crippen LogP contribution in [0.1, 0.15) is 6.42 Å². The first kappa shape index (κ1) is 18.6. The smallest absolute Gasteiger partial charge is 0.387 e. The van der Waals surface area contributed by atoms with Crippen molar-refractivity contribution in [1.82, 2.24) is 5.32 Å². The molecular formula is C19H18F2N2O4. The van der Waals surface area contributed by atoms with Crippen LogP contribution in [0.15, 0.2) is 42.5 Å². The molecule has 2 aromatic carbocycles. The summed E-state index contributed by atoms with van der Waals surface area (Å²) in [6, 6.07) is 11.2. The molecule has 2 N–H and O–H groups in total. The molecule has 6 nitrogen and oxygen atoms in total. The number of amides is 2. The monoisotopic (exact) mass is 376 g/mol. The van der Waals surface area contributed by atoms with E-state index in [1.165, 1.54) is 19.2 Å². The Morgan fingerprint density at radius 2 is 1.96 bits per heavy atom. The second-order valence-electron chi connectivity index (χ2n) is 6.01. The molecule has 2 amide bonds. The number of ether oxygens (including phenoxy) is 2. The molecule has 1 atom stereocenters. The highest BCUT2D eigenvalue weighted by atomic mass is 19.3. The second kappa shape index (κ2) is 8.03. The van der Waals surface area contributed by atoms with Gasteiger partial charge in [-0.2, -0.15) is 8.78 Å². The first-order valence-corrected chi connectivity index (χ1v) is 8.27. The molecule has 0 saturated carbocycles. The number of carbonyl (C=O) groups is 2. The fourth-order valence-electron chi connectivity index (χ4n) is 2.84. The summed E-state index contributed by atoms with van der Waals surface area (Å²) < 4.78 is 35.2. The highest BCUT2D eigenvalue weighted by Crippen LogP contribution is 2.34. The summed E-state index contributed by atoms with van der Waals surface area (Å²) in [6.07, 6.45) is 0.129. The van der Waals surface area contributed by atoms with Crippen LogP contribution in [0.4, 0.5) is 14.5 Å². The maximum atomic E-state index is 12.7. The Hall–Kier alpha value is -3.16. The van der Waals surface area contributed by atoms with Gasteiger partial charge in [-0.25, -0.2) is 0 Å². The lowest BCUT2D eigenvalue weighted by molar-refractivity contribution is -0.123. The van der Waals surface area contributed by atoms with E-state index in [4.69, 9.17) is 4.74 Å². The molecule has 0 unspecified atom stereocenters. The molecule has 8 heteroatoms. The summed E-state index contributed by atoms with van der Waals surface area (Å²) in [4.78, 5) is 23.5. The van der Waals surface area contributed by atoms with Gasteiger partial charge in [0.15, 0.2) is 0 Å². The summed E-state index contributed by atoms with van der Waals surface area (Å²) in [5, 5.41) is 5.32. The van der Waals surface area contributed by atoms with Gasteiger partial charge in [0.1, 0.15) is 11.5 Å². The van der Waals surface area contributed by atoms with Crippen molar-refractivity contribution in [3.05, 3.63) is 42.5 Å². The molecule has 0 bridgehead atoms. The normalized spacial score (nSPS) is 16.1. The van der Waals surface area contributed by atoms with E-state index in [1.807, 2.05) is 0 Å². The van der Waals surface area contributed by atoms with Crippen molar-refractivity contribution in [3.8, 4) is 22.6 Å². The number of alkyl halides is 2. The average Bonchev–Trinajstić information content (AvgIpc) is 3.09. The zero-order chi connectivity index (χ0) is 19.4. The van der Waals surface area contributed by atoms with Crippen molar-refractivity contribution < 1.29 is 27.8 Å². The number of benzene rings is 2. The van der Waals surface area contributed by atoms with Crippen LogP contribution >= 0.6 is 0 Å². The van der Waals surface area contributed by atoms with Gasteiger partial charge >= 0.3 is 6.61 Å². The zero-order valence-electron chi connectivity index (χ0n) is 14.5. The van der Waals surface area contributed by atoms with E-state index < -0.39 is 12.5 Å². The highest BCUT2D eigenvalue weighted by molar-refractivity contribution is 5.97. The van der Waals surface area contributed by atoms with Gasteiger partial charge < -0.3 is 20.1 Å². The largest absolute Gasteiger partial charge is 0.497 e. The molecule has 1 heterocycles. The minimum atomic E-state index is -2.97. The van der Waals surface area contributed by atoms with Crippen molar-refractivity contribution in [2.75, 3.05) is 19.0 Å². The number of anilines is 1. The Labute approximate surface area is 154 Å². The van der Waals surface area contributed by atoms with Crippen LogP contribution in [0.5, 0.6) is 11.5 Å². The Bertz CT molecular complexity index is 840. The Morgan fingerprint density at radius 3 is 2.56 bits per heavy atom. The van der Waals surface area contributed by atoms with Gasteiger partial charge in [0, 0.05) is 24.2 Å². The Balaban J connectivity index is 1.87. The molecule has 142 valence electrons. The zero-order valence-corrected chi connectivity index (χ0v) is 14.5. The van der Waals surface area contributed by atoms with Gasteiger partial charge in [0.05, 0.1) is 13.0 Å². The van der Waals surface area contributed by atoms with Crippen LogP contribution in [-0.4, -0.2) is 32.1 Å². The van der Waals surface area contributed by atoms with Gasteiger partial charge in [-0.05, 0) is 35.9 Å². The van der Waals surface area contributed by atoms with Crippen LogP contribution in [-0.2, 0) is 9.59 Å². The van der Waals surface area contributed by atoms with Gasteiger partial charge in [-0.3, -0.25) is 9.59 Å². The van der Waals surface area contributed by atoms with E-state index in [-0.39, 0.29) is 30.5 Å². The standard InChI is InChI=1S/C19H18F2N2O4/c1-26-14-5-2-11(3-6-14)15-9-13(4-7-16(15)27-19(20)21)23-18(25)12-8-17(24)22-10-12/h2-7,9,12,19H,8,10H2,1H3,(H,22,24)(H,23,25)/t12-/m0/s1. The maximum absolute atomic E-state index is 12.7. The number of methoxy groups -OCH3 is 1. The van der Waals surface area contributed by atoms with E-state index in [1.54, 1.807) is 30.3 Å². The lowest BCUT2D eigenvalue weighted by Crippen LogP contribution is -2.24. The Kier molecular flexibility index (Phi) is 5.54. The minimum absolute atomic E-state index is 0.00845. The molecule has 0 spiro atoms. The average molecular weight is 376 g/mol. The molecule has 3 rings (SSSR count). The molecule has 0 aromatic heterocycles. The quantitative estimate of drug-likeness (QED) is 0.813. The summed E-state index contributed by atoms with van der Waals surface area (Å²) in [6.45, 7) is -2.69. The van der Waals surface area contributed by atoms with E-state index >= 15 is 0 Å². The van der Waals surface area contributed by atoms with Crippen LogP contribution in [0, 0.1) is 5.92 Å². The molecule has 27 heavy (non-hydrogen) atoms. The van der Waals surface area contributed by atoms with Crippen LogP contribution in [0.3, 0.4) is 0 Å². The van der Waals surface area contributed by atoms with E-state index in [9.17, 15) is 18.4 Å². The lowest BCUT2D eigenvalue weighted by Gasteiger charge is -2.15. The first-order chi connectivity index (χ1) is 13.0. The number of hydrogen-bond acceptors (Lipinski definition) is 4. The fraction of sp³-hybridized carbons (Fsp3) is 0.263. The third-order valence-corrected chi connectivity index (χ3v) is 4.21. The maximum Gasteiger partial charge on any atom is 0.387 e. The lowest BCUT2D eigenvalue weighted by atomic mass is 10.0. The van der Waals surface area contributed by atoms with Crippen molar-refractivity contribution in [2.24, 2.45) is 5.92 Å². The third-order valence-electron chi connectivity index (χ3n) is 4.21. The summed E-state index contributed by atoms with van der Waals surface area (Å²) >= 11 is 0. The molecule has 1 fully saturated rings. The topological polar surface area (TPSA) is 76.7 Å². The molecule has 0 radical (unpaired) electrons. The highest BCUT2D eigenvalue weighted by Gasteiger charge is 2.28. The van der Waals surface area contributed by atoms with Gasteiger partial charge in [-0.15, -0.1) is 0 Å². The van der Waals surface area contributed by atoms with Crippen molar-refractivity contribution >= 4 is 17.5 Å². The first-order valence-electron chi connectivity index (χ1n) is 8.27. The van der Waals surface area contributed by atoms with Crippen LogP contribution < -0.4 is 20.1 Å². The predicted molar refractivity (Wildman–Crippen MR) is 94.8 cm³/mol. The summed E-state index contributed by atoms with van der Waals surface area (Å²) in [5.41, 5.74) is 1.45. The molecule has 1 aliphatic rings.